The Morgan fingerprint density at radius 2 is 1.89 bits per heavy atom. The SMILES string of the molecule is CCCCCCC(C)Nc1c(C)cccc1CC. The zero-order valence-corrected chi connectivity index (χ0v) is 12.6. The van der Waals surface area contributed by atoms with Crippen LogP contribution in [0.5, 0.6) is 0 Å². The zero-order chi connectivity index (χ0) is 13.4. The fraction of sp³-hybridized carbons (Fsp3) is 0.647. The fourth-order valence-corrected chi connectivity index (χ4v) is 2.43. The molecule has 0 heterocycles. The maximum atomic E-state index is 3.71. The Bertz CT molecular complexity index is 343. The molecule has 0 radical (unpaired) electrons. The molecule has 0 aromatic heterocycles. The molecule has 102 valence electrons. The molecular formula is C17H29N. The molecule has 18 heavy (non-hydrogen) atoms. The van der Waals surface area contributed by atoms with Crippen LogP contribution in [-0.2, 0) is 6.42 Å². The van der Waals surface area contributed by atoms with Crippen LogP contribution in [0.2, 0.25) is 0 Å². The molecule has 1 unspecified atom stereocenters. The third kappa shape index (κ3) is 4.72. The molecular weight excluding hydrogens is 218 g/mol. The highest BCUT2D eigenvalue weighted by Gasteiger charge is 2.07. The molecule has 1 rings (SSSR count). The van der Waals surface area contributed by atoms with Gasteiger partial charge in [-0.1, -0.05) is 57.7 Å². The first-order valence-electron chi connectivity index (χ1n) is 7.54. The zero-order valence-electron chi connectivity index (χ0n) is 12.6. The number of aryl methyl sites for hydroxylation is 2. The van der Waals surface area contributed by atoms with Crippen molar-refractivity contribution in [3.8, 4) is 0 Å². The van der Waals surface area contributed by atoms with Gasteiger partial charge in [0.2, 0.25) is 0 Å². The summed E-state index contributed by atoms with van der Waals surface area (Å²) in [6, 6.07) is 7.17. The van der Waals surface area contributed by atoms with E-state index in [2.05, 4.69) is 51.2 Å². The number of unbranched alkanes of at least 4 members (excludes halogenated alkanes) is 3. The van der Waals surface area contributed by atoms with Gasteiger partial charge in [0.1, 0.15) is 0 Å². The minimum absolute atomic E-state index is 0.577. The second kappa shape index (κ2) is 8.18. The van der Waals surface area contributed by atoms with Gasteiger partial charge in [-0.05, 0) is 37.8 Å². The Morgan fingerprint density at radius 1 is 1.11 bits per heavy atom. The van der Waals surface area contributed by atoms with Crippen molar-refractivity contribution in [2.45, 2.75) is 72.3 Å². The van der Waals surface area contributed by atoms with Crippen molar-refractivity contribution in [1.29, 1.82) is 0 Å². The van der Waals surface area contributed by atoms with Crippen LogP contribution in [0.3, 0.4) is 0 Å². The summed E-state index contributed by atoms with van der Waals surface area (Å²) in [5.41, 5.74) is 4.17. The summed E-state index contributed by atoms with van der Waals surface area (Å²) in [5, 5.41) is 3.71. The van der Waals surface area contributed by atoms with E-state index in [1.165, 1.54) is 48.9 Å². The van der Waals surface area contributed by atoms with Crippen molar-refractivity contribution in [1.82, 2.24) is 0 Å². The number of nitrogens with one attached hydrogen (secondary N) is 1. The third-order valence-corrected chi connectivity index (χ3v) is 3.62. The summed E-state index contributed by atoms with van der Waals surface area (Å²) in [4.78, 5) is 0. The van der Waals surface area contributed by atoms with Crippen molar-refractivity contribution < 1.29 is 0 Å². The highest BCUT2D eigenvalue weighted by Crippen LogP contribution is 2.22. The van der Waals surface area contributed by atoms with Gasteiger partial charge in [0, 0.05) is 11.7 Å². The van der Waals surface area contributed by atoms with Crippen molar-refractivity contribution in [2.75, 3.05) is 5.32 Å². The van der Waals surface area contributed by atoms with E-state index in [9.17, 15) is 0 Å². The largest absolute Gasteiger partial charge is 0.382 e. The van der Waals surface area contributed by atoms with Crippen LogP contribution < -0.4 is 5.32 Å². The maximum Gasteiger partial charge on any atom is 0.0404 e. The first kappa shape index (κ1) is 15.1. The third-order valence-electron chi connectivity index (χ3n) is 3.62. The van der Waals surface area contributed by atoms with Crippen LogP contribution in [-0.4, -0.2) is 6.04 Å². The first-order chi connectivity index (χ1) is 8.69. The van der Waals surface area contributed by atoms with E-state index in [1.807, 2.05) is 0 Å². The summed E-state index contributed by atoms with van der Waals surface area (Å²) in [7, 11) is 0. The number of hydrogen-bond acceptors (Lipinski definition) is 1. The predicted molar refractivity (Wildman–Crippen MR) is 82.4 cm³/mol. The van der Waals surface area contributed by atoms with Crippen LogP contribution in [0.1, 0.15) is 64.0 Å². The van der Waals surface area contributed by atoms with Gasteiger partial charge in [-0.3, -0.25) is 0 Å². The molecule has 1 nitrogen and oxygen atoms in total. The molecule has 1 N–H and O–H groups in total. The summed E-state index contributed by atoms with van der Waals surface area (Å²) in [6.07, 6.45) is 7.78. The monoisotopic (exact) mass is 247 g/mol. The van der Waals surface area contributed by atoms with Crippen LogP contribution >= 0.6 is 0 Å². The lowest BCUT2D eigenvalue weighted by atomic mass is 10.0. The summed E-state index contributed by atoms with van der Waals surface area (Å²) < 4.78 is 0. The van der Waals surface area contributed by atoms with Gasteiger partial charge < -0.3 is 5.32 Å². The highest BCUT2D eigenvalue weighted by atomic mass is 14.9. The predicted octanol–water partition coefficient (Wildman–Crippen LogP) is 5.33. The van der Waals surface area contributed by atoms with Gasteiger partial charge in [-0.2, -0.15) is 0 Å². The van der Waals surface area contributed by atoms with Crippen LogP contribution in [0.25, 0.3) is 0 Å². The Labute approximate surface area is 113 Å². The number of para-hydroxylation sites is 1. The molecule has 1 heteroatoms. The van der Waals surface area contributed by atoms with Crippen molar-refractivity contribution in [2.24, 2.45) is 0 Å². The summed E-state index contributed by atoms with van der Waals surface area (Å²) >= 11 is 0. The molecule has 0 fully saturated rings. The van der Waals surface area contributed by atoms with Gasteiger partial charge in [-0.25, -0.2) is 0 Å². The maximum absolute atomic E-state index is 3.71. The van der Waals surface area contributed by atoms with Crippen molar-refractivity contribution in [3.63, 3.8) is 0 Å². The molecule has 0 bridgehead atoms. The van der Waals surface area contributed by atoms with Gasteiger partial charge >= 0.3 is 0 Å². The Kier molecular flexibility index (Phi) is 6.85. The summed E-state index contributed by atoms with van der Waals surface area (Å²) in [6.45, 7) is 9.00. The molecule has 0 aliphatic carbocycles. The lowest BCUT2D eigenvalue weighted by molar-refractivity contribution is 0.593. The number of hydrogen-bond donors (Lipinski definition) is 1. The minimum Gasteiger partial charge on any atom is -0.382 e. The normalized spacial score (nSPS) is 12.4. The first-order valence-corrected chi connectivity index (χ1v) is 7.54. The van der Waals surface area contributed by atoms with E-state index in [0.717, 1.165) is 6.42 Å². The van der Waals surface area contributed by atoms with E-state index in [1.54, 1.807) is 0 Å². The average molecular weight is 247 g/mol. The van der Waals surface area contributed by atoms with Gasteiger partial charge in [0.05, 0.1) is 0 Å². The van der Waals surface area contributed by atoms with E-state index in [4.69, 9.17) is 0 Å². The van der Waals surface area contributed by atoms with E-state index in [-0.39, 0.29) is 0 Å². The molecule has 0 saturated heterocycles. The molecule has 1 aromatic carbocycles. The fourth-order valence-electron chi connectivity index (χ4n) is 2.43. The van der Waals surface area contributed by atoms with Crippen LogP contribution in [0.4, 0.5) is 5.69 Å². The van der Waals surface area contributed by atoms with Gasteiger partial charge in [-0.15, -0.1) is 0 Å². The topological polar surface area (TPSA) is 12.0 Å². The highest BCUT2D eigenvalue weighted by molar-refractivity contribution is 5.57. The summed E-state index contributed by atoms with van der Waals surface area (Å²) in [5.74, 6) is 0. The average Bonchev–Trinajstić information content (AvgIpc) is 2.37. The lowest BCUT2D eigenvalue weighted by Gasteiger charge is -2.19. The molecule has 1 aromatic rings. The van der Waals surface area contributed by atoms with E-state index < -0.39 is 0 Å². The molecule has 0 spiro atoms. The number of anilines is 1. The Balaban J connectivity index is 2.50. The van der Waals surface area contributed by atoms with Crippen LogP contribution in [0, 0.1) is 6.92 Å². The van der Waals surface area contributed by atoms with Gasteiger partial charge in [0.25, 0.3) is 0 Å². The molecule has 0 amide bonds. The Morgan fingerprint density at radius 3 is 2.56 bits per heavy atom. The van der Waals surface area contributed by atoms with Gasteiger partial charge in [0.15, 0.2) is 0 Å². The van der Waals surface area contributed by atoms with Crippen LogP contribution in [0.15, 0.2) is 18.2 Å². The molecule has 0 aliphatic heterocycles. The number of rotatable bonds is 8. The molecule has 0 saturated carbocycles. The second-order valence-corrected chi connectivity index (χ2v) is 5.36. The lowest BCUT2D eigenvalue weighted by Crippen LogP contribution is -2.17. The Hall–Kier alpha value is -0.980. The van der Waals surface area contributed by atoms with E-state index in [0.29, 0.717) is 6.04 Å². The van der Waals surface area contributed by atoms with Crippen molar-refractivity contribution in [3.05, 3.63) is 29.3 Å². The quantitative estimate of drug-likeness (QED) is 0.612. The molecule has 0 aliphatic rings. The smallest absolute Gasteiger partial charge is 0.0404 e. The standard InChI is InChI=1S/C17H29N/c1-5-7-8-9-12-15(4)18-17-14(3)11-10-13-16(17)6-2/h10-11,13,15,18H,5-9,12H2,1-4H3. The number of benzene rings is 1. The second-order valence-electron chi connectivity index (χ2n) is 5.36. The van der Waals surface area contributed by atoms with Crippen molar-refractivity contribution >= 4 is 5.69 Å². The van der Waals surface area contributed by atoms with E-state index >= 15 is 0 Å². The minimum atomic E-state index is 0.577. The molecule has 1 atom stereocenters.